The van der Waals surface area contributed by atoms with Gasteiger partial charge < -0.3 is 10.2 Å². The molecule has 20 heavy (non-hydrogen) atoms. The number of rotatable bonds is 5. The molecule has 2 aliphatic rings. The molecule has 0 aromatic carbocycles. The maximum Gasteiger partial charge on any atom is 0.147 e. The minimum absolute atomic E-state index is 0.767. The van der Waals surface area contributed by atoms with Gasteiger partial charge in [-0.15, -0.1) is 0 Å². The number of pyridine rings is 1. The first-order valence-corrected chi connectivity index (χ1v) is 8.05. The van der Waals surface area contributed by atoms with Crippen LogP contribution in [0.4, 0.5) is 5.82 Å². The van der Waals surface area contributed by atoms with Crippen molar-refractivity contribution in [3.05, 3.63) is 22.8 Å². The molecule has 3 atom stereocenters. The minimum atomic E-state index is 0.767. The smallest absolute Gasteiger partial charge is 0.147 e. The van der Waals surface area contributed by atoms with Crippen molar-refractivity contribution in [3.63, 3.8) is 0 Å². The molecule has 4 heteroatoms. The number of nitrogens with zero attached hydrogens (tertiary/aromatic N) is 2. The zero-order valence-corrected chi connectivity index (χ0v) is 13.2. The van der Waals surface area contributed by atoms with Crippen molar-refractivity contribution < 1.29 is 0 Å². The molecule has 2 saturated carbocycles. The fourth-order valence-corrected chi connectivity index (χ4v) is 4.42. The van der Waals surface area contributed by atoms with Crippen LogP contribution >= 0.6 is 11.6 Å². The molecule has 1 aromatic heterocycles. The number of hydrogen-bond acceptors (Lipinski definition) is 3. The van der Waals surface area contributed by atoms with Crippen LogP contribution in [0.3, 0.4) is 0 Å². The second-order valence-corrected chi connectivity index (χ2v) is 6.90. The molecule has 1 heterocycles. The average Bonchev–Trinajstić information content (AvgIpc) is 3.01. The van der Waals surface area contributed by atoms with Gasteiger partial charge in [-0.3, -0.25) is 0 Å². The van der Waals surface area contributed by atoms with Crippen molar-refractivity contribution >= 4 is 17.4 Å². The van der Waals surface area contributed by atoms with Crippen LogP contribution < -0.4 is 10.2 Å². The van der Waals surface area contributed by atoms with E-state index in [9.17, 15) is 0 Å². The summed E-state index contributed by atoms with van der Waals surface area (Å²) < 4.78 is 0. The first-order valence-electron chi connectivity index (χ1n) is 7.67. The monoisotopic (exact) mass is 293 g/mol. The summed E-state index contributed by atoms with van der Waals surface area (Å²) in [4.78, 5) is 6.80. The van der Waals surface area contributed by atoms with E-state index < -0.39 is 0 Å². The van der Waals surface area contributed by atoms with Crippen LogP contribution in [0.2, 0.25) is 5.02 Å². The molecule has 1 N–H and O–H groups in total. The third-order valence-electron chi connectivity index (χ3n) is 5.01. The summed E-state index contributed by atoms with van der Waals surface area (Å²) in [5.41, 5.74) is 1.13. The lowest BCUT2D eigenvalue weighted by Crippen LogP contribution is -2.29. The van der Waals surface area contributed by atoms with Gasteiger partial charge in [0.1, 0.15) is 5.82 Å². The van der Waals surface area contributed by atoms with E-state index in [1.54, 1.807) is 0 Å². The molecule has 2 fully saturated rings. The summed E-state index contributed by atoms with van der Waals surface area (Å²) in [6.45, 7) is 1.91. The summed E-state index contributed by atoms with van der Waals surface area (Å²) in [6.07, 6.45) is 7.69. The number of nitrogens with one attached hydrogen (secondary N) is 1. The number of fused-ring (bicyclic) bond motifs is 2. The van der Waals surface area contributed by atoms with Gasteiger partial charge in [-0.1, -0.05) is 18.0 Å². The Labute approximate surface area is 126 Å². The molecular weight excluding hydrogens is 270 g/mol. The summed E-state index contributed by atoms with van der Waals surface area (Å²) in [5.74, 6) is 3.72. The van der Waals surface area contributed by atoms with Crippen LogP contribution in [0.25, 0.3) is 0 Å². The van der Waals surface area contributed by atoms with Crippen LogP contribution in [0.15, 0.2) is 12.3 Å². The number of halogens is 1. The number of hydrogen-bond donors (Lipinski definition) is 1. The lowest BCUT2D eigenvalue weighted by atomic mass is 9.88. The second-order valence-electron chi connectivity index (χ2n) is 6.49. The second kappa shape index (κ2) is 5.90. The van der Waals surface area contributed by atoms with Gasteiger partial charge in [0.05, 0.1) is 5.02 Å². The Morgan fingerprint density at radius 3 is 2.85 bits per heavy atom. The highest BCUT2D eigenvalue weighted by Crippen LogP contribution is 2.48. The fourth-order valence-electron chi connectivity index (χ4n) is 4.09. The minimum Gasteiger partial charge on any atom is -0.358 e. The van der Waals surface area contributed by atoms with Gasteiger partial charge in [-0.05, 0) is 55.7 Å². The zero-order valence-electron chi connectivity index (χ0n) is 12.4. The topological polar surface area (TPSA) is 28.2 Å². The third kappa shape index (κ3) is 2.79. The lowest BCUT2D eigenvalue weighted by Gasteiger charge is -2.28. The maximum absolute atomic E-state index is 6.39. The summed E-state index contributed by atoms with van der Waals surface area (Å²) >= 11 is 6.39. The molecule has 110 valence electrons. The van der Waals surface area contributed by atoms with Crippen molar-refractivity contribution in [1.29, 1.82) is 0 Å². The van der Waals surface area contributed by atoms with E-state index in [2.05, 4.69) is 22.2 Å². The molecule has 3 unspecified atom stereocenters. The zero-order chi connectivity index (χ0) is 14.1. The normalized spacial score (nSPS) is 28.1. The predicted octanol–water partition coefficient (Wildman–Crippen LogP) is 3.33. The Morgan fingerprint density at radius 1 is 1.40 bits per heavy atom. The van der Waals surface area contributed by atoms with Crippen molar-refractivity contribution in [1.82, 2.24) is 10.3 Å². The highest BCUT2D eigenvalue weighted by Gasteiger charge is 2.39. The molecule has 2 aliphatic carbocycles. The van der Waals surface area contributed by atoms with E-state index in [0.717, 1.165) is 47.2 Å². The molecule has 0 radical (unpaired) electrons. The van der Waals surface area contributed by atoms with Gasteiger partial charge in [-0.25, -0.2) is 4.98 Å². The van der Waals surface area contributed by atoms with E-state index in [4.69, 9.17) is 11.6 Å². The van der Waals surface area contributed by atoms with Gasteiger partial charge in [0.25, 0.3) is 0 Å². The third-order valence-corrected chi connectivity index (χ3v) is 5.29. The molecule has 0 amide bonds. The Kier molecular flexibility index (Phi) is 4.18. The van der Waals surface area contributed by atoms with Crippen molar-refractivity contribution in [2.24, 2.45) is 17.8 Å². The molecule has 3 nitrogen and oxygen atoms in total. The van der Waals surface area contributed by atoms with E-state index in [-0.39, 0.29) is 0 Å². The molecule has 2 bridgehead atoms. The molecule has 0 spiro atoms. The molecule has 3 rings (SSSR count). The van der Waals surface area contributed by atoms with E-state index >= 15 is 0 Å². The molecule has 0 saturated heterocycles. The van der Waals surface area contributed by atoms with Crippen LogP contribution in [0.1, 0.15) is 31.2 Å². The van der Waals surface area contributed by atoms with Gasteiger partial charge in [0.2, 0.25) is 0 Å². The van der Waals surface area contributed by atoms with Gasteiger partial charge in [-0.2, -0.15) is 0 Å². The summed E-state index contributed by atoms with van der Waals surface area (Å²) in [5, 5.41) is 3.89. The van der Waals surface area contributed by atoms with Crippen molar-refractivity contribution in [2.45, 2.75) is 32.2 Å². The quantitative estimate of drug-likeness (QED) is 0.902. The van der Waals surface area contributed by atoms with E-state index in [0.29, 0.717) is 0 Å². The Balaban J connectivity index is 1.66. The maximum atomic E-state index is 6.39. The fraction of sp³-hybridized carbons (Fsp3) is 0.688. The average molecular weight is 294 g/mol. The van der Waals surface area contributed by atoms with E-state index in [1.165, 1.54) is 25.7 Å². The lowest BCUT2D eigenvalue weighted by molar-refractivity contribution is 0.337. The van der Waals surface area contributed by atoms with Gasteiger partial charge in [0.15, 0.2) is 0 Å². The standard InChI is InChI=1S/C16H24ClN3/c1-18-8-12-7-15(17)16(19-9-12)20(2)10-14-6-11-3-4-13(14)5-11/h7,9,11,13-14,18H,3-6,8,10H2,1-2H3. The first kappa shape index (κ1) is 14.2. The Morgan fingerprint density at radius 2 is 2.25 bits per heavy atom. The van der Waals surface area contributed by atoms with E-state index in [1.807, 2.05) is 19.3 Å². The predicted molar refractivity (Wildman–Crippen MR) is 84.2 cm³/mol. The summed E-state index contributed by atoms with van der Waals surface area (Å²) in [7, 11) is 4.06. The Hall–Kier alpha value is -0.800. The van der Waals surface area contributed by atoms with Gasteiger partial charge in [0, 0.05) is 26.3 Å². The first-order chi connectivity index (χ1) is 9.67. The van der Waals surface area contributed by atoms with Crippen molar-refractivity contribution in [3.8, 4) is 0 Å². The highest BCUT2D eigenvalue weighted by molar-refractivity contribution is 6.33. The van der Waals surface area contributed by atoms with Crippen LogP contribution in [-0.2, 0) is 6.54 Å². The summed E-state index contributed by atoms with van der Waals surface area (Å²) in [6, 6.07) is 2.03. The molecular formula is C16H24ClN3. The molecule has 1 aromatic rings. The largest absolute Gasteiger partial charge is 0.358 e. The van der Waals surface area contributed by atoms with Gasteiger partial charge >= 0.3 is 0 Å². The Bertz CT molecular complexity index is 477. The van der Waals surface area contributed by atoms with Crippen LogP contribution in [0.5, 0.6) is 0 Å². The van der Waals surface area contributed by atoms with Crippen LogP contribution in [-0.4, -0.2) is 25.6 Å². The number of aromatic nitrogens is 1. The van der Waals surface area contributed by atoms with Crippen LogP contribution in [0, 0.1) is 17.8 Å². The SMILES string of the molecule is CNCc1cnc(N(C)CC2CC3CCC2C3)c(Cl)c1. The highest BCUT2D eigenvalue weighted by atomic mass is 35.5. The molecule has 0 aliphatic heterocycles. The van der Waals surface area contributed by atoms with Crippen molar-refractivity contribution in [2.75, 3.05) is 25.5 Å². The number of anilines is 1.